The Hall–Kier alpha value is -2.13. The van der Waals surface area contributed by atoms with Gasteiger partial charge in [-0.15, -0.1) is 0 Å². The molecular weight excluding hydrogens is 358 g/mol. The Morgan fingerprint density at radius 2 is 1.96 bits per heavy atom. The van der Waals surface area contributed by atoms with Crippen molar-refractivity contribution in [1.82, 2.24) is 4.31 Å². The molecule has 0 aliphatic carbocycles. The van der Waals surface area contributed by atoms with Gasteiger partial charge in [-0.05, 0) is 31.0 Å². The van der Waals surface area contributed by atoms with Crippen LogP contribution in [-0.2, 0) is 19.6 Å². The lowest BCUT2D eigenvalue weighted by molar-refractivity contribution is -0.136. The van der Waals surface area contributed by atoms with Crippen molar-refractivity contribution in [2.45, 2.75) is 37.6 Å². The molecule has 0 radical (unpaired) electrons. The molecule has 1 fully saturated rings. The van der Waals surface area contributed by atoms with Crippen molar-refractivity contribution >= 4 is 33.3 Å². The van der Waals surface area contributed by atoms with Gasteiger partial charge in [-0.2, -0.15) is 4.31 Å². The second-order valence-electron chi connectivity index (χ2n) is 6.41. The number of carbonyl (C=O) groups excluding carboxylic acids is 1. The number of carbonyl (C=O) groups is 2. The maximum Gasteiger partial charge on any atom is 0.323 e. The molecule has 1 atom stereocenters. The van der Waals surface area contributed by atoms with E-state index in [4.69, 9.17) is 0 Å². The summed E-state index contributed by atoms with van der Waals surface area (Å²) in [5.74, 6) is -1.41. The van der Waals surface area contributed by atoms with E-state index in [1.165, 1.54) is 21.3 Å². The molecule has 142 valence electrons. The number of carboxylic acid groups (broad SMARTS) is 1. The summed E-state index contributed by atoms with van der Waals surface area (Å²) in [5.41, 5.74) is 1.07. The first kappa shape index (κ1) is 18.7. The first-order valence-electron chi connectivity index (χ1n) is 8.75. The monoisotopic (exact) mass is 381 g/mol. The third-order valence-electron chi connectivity index (χ3n) is 4.99. The number of rotatable bonds is 6. The summed E-state index contributed by atoms with van der Waals surface area (Å²) in [6, 6.07) is 4.28. The van der Waals surface area contributed by atoms with E-state index in [2.05, 4.69) is 0 Å². The van der Waals surface area contributed by atoms with E-state index >= 15 is 0 Å². The third kappa shape index (κ3) is 2.95. The number of nitrogens with zero attached hydrogens (tertiary/aromatic N) is 3. The maximum atomic E-state index is 12.8. The Labute approximate surface area is 153 Å². The minimum atomic E-state index is -3.70. The van der Waals surface area contributed by atoms with Crippen molar-refractivity contribution in [2.24, 2.45) is 0 Å². The van der Waals surface area contributed by atoms with Crippen molar-refractivity contribution in [3.8, 4) is 0 Å². The second-order valence-corrected chi connectivity index (χ2v) is 8.35. The van der Waals surface area contributed by atoms with E-state index in [0.29, 0.717) is 37.4 Å². The van der Waals surface area contributed by atoms with Crippen molar-refractivity contribution < 1.29 is 23.1 Å². The second kappa shape index (κ2) is 6.88. The minimum Gasteiger partial charge on any atom is -0.480 e. The van der Waals surface area contributed by atoms with E-state index in [-0.39, 0.29) is 16.8 Å². The van der Waals surface area contributed by atoms with Gasteiger partial charge in [0.25, 0.3) is 0 Å². The Morgan fingerprint density at radius 1 is 1.27 bits per heavy atom. The van der Waals surface area contributed by atoms with Gasteiger partial charge in [-0.1, -0.05) is 13.8 Å². The van der Waals surface area contributed by atoms with Crippen molar-refractivity contribution in [1.29, 1.82) is 0 Å². The normalized spacial score (nSPS) is 19.7. The molecule has 1 amide bonds. The molecule has 0 spiro atoms. The van der Waals surface area contributed by atoms with Crippen LogP contribution >= 0.6 is 0 Å². The number of hydrogen-bond acceptors (Lipinski definition) is 5. The first-order chi connectivity index (χ1) is 12.3. The quantitative estimate of drug-likeness (QED) is 0.793. The van der Waals surface area contributed by atoms with Gasteiger partial charge in [0.05, 0.1) is 16.3 Å². The standard InChI is InChI=1S/C17H23N3O5S/c1-3-18(4-2)26(24,25)12-7-8-13-15(10-12)20(11-16(21)22)17(23)14-6-5-9-19(13)14/h7-8,10,14H,3-6,9,11H2,1-2H3,(H,21,22)/t14-/m1/s1. The number of hydrogen-bond donors (Lipinski definition) is 1. The van der Waals surface area contributed by atoms with Gasteiger partial charge < -0.3 is 10.0 Å². The van der Waals surface area contributed by atoms with Gasteiger partial charge in [0.1, 0.15) is 12.6 Å². The van der Waals surface area contributed by atoms with E-state index in [1.54, 1.807) is 19.9 Å². The summed E-state index contributed by atoms with van der Waals surface area (Å²) in [7, 11) is -3.70. The fourth-order valence-corrected chi connectivity index (χ4v) is 5.22. The van der Waals surface area contributed by atoms with Gasteiger partial charge in [0, 0.05) is 19.6 Å². The summed E-state index contributed by atoms with van der Waals surface area (Å²) in [6.07, 6.45) is 1.52. The number of benzene rings is 1. The Bertz CT molecular complexity index is 835. The predicted octanol–water partition coefficient (Wildman–Crippen LogP) is 1.12. The van der Waals surface area contributed by atoms with Crippen LogP contribution < -0.4 is 9.80 Å². The zero-order valence-electron chi connectivity index (χ0n) is 14.9. The molecule has 0 unspecified atom stereocenters. The number of fused-ring (bicyclic) bond motifs is 3. The third-order valence-corrected chi connectivity index (χ3v) is 7.03. The number of anilines is 2. The molecular formula is C17H23N3O5S. The van der Waals surface area contributed by atoms with E-state index in [9.17, 15) is 23.1 Å². The van der Waals surface area contributed by atoms with Crippen LogP contribution in [0.15, 0.2) is 23.1 Å². The highest BCUT2D eigenvalue weighted by Crippen LogP contribution is 2.41. The van der Waals surface area contributed by atoms with Crippen LogP contribution in [0.5, 0.6) is 0 Å². The van der Waals surface area contributed by atoms with Gasteiger partial charge in [0.15, 0.2) is 0 Å². The average Bonchev–Trinajstić information content (AvgIpc) is 3.08. The Balaban J connectivity index is 2.12. The van der Waals surface area contributed by atoms with Crippen molar-refractivity contribution in [3.05, 3.63) is 18.2 Å². The summed E-state index contributed by atoms with van der Waals surface area (Å²) in [4.78, 5) is 27.3. The van der Waals surface area contributed by atoms with Crippen LogP contribution in [0.4, 0.5) is 11.4 Å². The zero-order chi connectivity index (χ0) is 19.1. The minimum absolute atomic E-state index is 0.0702. The van der Waals surface area contributed by atoms with Crippen molar-refractivity contribution in [2.75, 3.05) is 36.0 Å². The lowest BCUT2D eigenvalue weighted by Gasteiger charge is -2.39. The zero-order valence-corrected chi connectivity index (χ0v) is 15.7. The Kier molecular flexibility index (Phi) is 4.94. The van der Waals surface area contributed by atoms with Crippen LogP contribution in [0.2, 0.25) is 0 Å². The molecule has 1 aromatic carbocycles. The molecule has 1 aromatic rings. The number of amides is 1. The summed E-state index contributed by atoms with van der Waals surface area (Å²) >= 11 is 0. The summed E-state index contributed by atoms with van der Waals surface area (Å²) in [5, 5.41) is 9.21. The largest absolute Gasteiger partial charge is 0.480 e. The molecule has 26 heavy (non-hydrogen) atoms. The highest BCUT2D eigenvalue weighted by molar-refractivity contribution is 7.89. The Morgan fingerprint density at radius 3 is 2.58 bits per heavy atom. The van der Waals surface area contributed by atoms with Gasteiger partial charge in [0.2, 0.25) is 15.9 Å². The van der Waals surface area contributed by atoms with Crippen LogP contribution in [0.1, 0.15) is 26.7 Å². The number of carboxylic acids is 1. The van der Waals surface area contributed by atoms with Gasteiger partial charge in [-0.3, -0.25) is 14.5 Å². The maximum absolute atomic E-state index is 12.8. The lowest BCUT2D eigenvalue weighted by atomic mass is 10.1. The molecule has 1 N–H and O–H groups in total. The lowest BCUT2D eigenvalue weighted by Crippen LogP contribution is -2.52. The molecule has 2 aliphatic rings. The van der Waals surface area contributed by atoms with Gasteiger partial charge in [-0.25, -0.2) is 8.42 Å². The van der Waals surface area contributed by atoms with Crippen LogP contribution in [0.25, 0.3) is 0 Å². The highest BCUT2D eigenvalue weighted by atomic mass is 32.2. The molecule has 0 aromatic heterocycles. The SMILES string of the molecule is CCN(CC)S(=O)(=O)c1ccc2c(c1)N(CC(=O)O)C(=O)[C@H]1CCCN21. The molecule has 1 saturated heterocycles. The summed E-state index contributed by atoms with van der Waals surface area (Å²) < 4.78 is 27.0. The smallest absolute Gasteiger partial charge is 0.323 e. The van der Waals surface area contributed by atoms with E-state index in [1.807, 2.05) is 4.90 Å². The van der Waals surface area contributed by atoms with Gasteiger partial charge >= 0.3 is 5.97 Å². The molecule has 3 rings (SSSR count). The van der Waals surface area contributed by atoms with E-state index in [0.717, 1.165) is 6.42 Å². The van der Waals surface area contributed by atoms with Crippen LogP contribution in [0.3, 0.4) is 0 Å². The molecule has 9 heteroatoms. The topological polar surface area (TPSA) is 98.2 Å². The number of sulfonamides is 1. The predicted molar refractivity (Wildman–Crippen MR) is 96.9 cm³/mol. The average molecular weight is 381 g/mol. The van der Waals surface area contributed by atoms with Crippen molar-refractivity contribution in [3.63, 3.8) is 0 Å². The molecule has 0 saturated carbocycles. The first-order valence-corrected chi connectivity index (χ1v) is 10.2. The molecule has 0 bridgehead atoms. The highest BCUT2D eigenvalue weighted by Gasteiger charge is 2.42. The number of aliphatic carboxylic acids is 1. The van der Waals surface area contributed by atoms with Crippen LogP contribution in [0, 0.1) is 0 Å². The molecule has 8 nitrogen and oxygen atoms in total. The van der Waals surface area contributed by atoms with E-state index < -0.39 is 22.5 Å². The fourth-order valence-electron chi connectivity index (χ4n) is 3.74. The van der Waals surface area contributed by atoms with Crippen LogP contribution in [-0.4, -0.2) is 61.9 Å². The fraction of sp³-hybridized carbons (Fsp3) is 0.529. The molecule has 2 heterocycles. The molecule has 2 aliphatic heterocycles. The summed E-state index contributed by atoms with van der Waals surface area (Å²) in [6.45, 7) is 4.41.